The van der Waals surface area contributed by atoms with Gasteiger partial charge < -0.3 is 5.11 Å². The van der Waals surface area contributed by atoms with Gasteiger partial charge in [0.2, 0.25) is 10.0 Å². The van der Waals surface area contributed by atoms with Crippen molar-refractivity contribution >= 4 is 21.6 Å². The fourth-order valence-electron chi connectivity index (χ4n) is 2.44. The second-order valence-corrected chi connectivity index (χ2v) is 7.40. The Morgan fingerprint density at radius 1 is 1.20 bits per heavy atom. The van der Waals surface area contributed by atoms with E-state index < -0.39 is 21.8 Å². The first-order valence-corrected chi connectivity index (χ1v) is 9.14. The monoisotopic (exact) mass is 378 g/mol. The molecule has 130 valence electrons. The molecule has 0 radical (unpaired) electrons. The lowest BCUT2D eigenvalue weighted by Gasteiger charge is -2.20. The highest BCUT2D eigenvalue weighted by atomic mass is 35.5. The lowest BCUT2D eigenvalue weighted by molar-refractivity contribution is 0.457. The Morgan fingerprint density at radius 3 is 2.64 bits per heavy atom. The molecule has 3 aromatic rings. The number of pyridine rings is 1. The summed E-state index contributed by atoms with van der Waals surface area (Å²) >= 11 is 5.83. The van der Waals surface area contributed by atoms with Gasteiger partial charge in [0.1, 0.15) is 4.90 Å². The average Bonchev–Trinajstić information content (AvgIpc) is 3.02. The Morgan fingerprint density at radius 2 is 2.00 bits per heavy atom. The molecule has 0 aliphatic carbocycles. The zero-order valence-corrected chi connectivity index (χ0v) is 14.7. The lowest BCUT2D eigenvalue weighted by atomic mass is 10.1. The minimum absolute atomic E-state index is 0.0404. The highest BCUT2D eigenvalue weighted by Gasteiger charge is 2.27. The summed E-state index contributed by atoms with van der Waals surface area (Å²) in [7, 11) is -2.34. The zero-order chi connectivity index (χ0) is 18.0. The number of benzene rings is 1. The van der Waals surface area contributed by atoms with Crippen LogP contribution in [-0.4, -0.2) is 28.3 Å². The largest absolute Gasteiger partial charge is 0.505 e. The molecule has 2 N–H and O–H groups in total. The van der Waals surface area contributed by atoms with Gasteiger partial charge in [-0.05, 0) is 29.8 Å². The van der Waals surface area contributed by atoms with Crippen molar-refractivity contribution < 1.29 is 13.5 Å². The van der Waals surface area contributed by atoms with E-state index >= 15 is 0 Å². The van der Waals surface area contributed by atoms with Gasteiger partial charge in [0.15, 0.2) is 5.75 Å². The number of phenolic OH excluding ortho intramolecular Hbond substituents is 1. The van der Waals surface area contributed by atoms with Crippen LogP contribution in [0.2, 0.25) is 5.02 Å². The van der Waals surface area contributed by atoms with E-state index in [0.29, 0.717) is 11.3 Å². The number of nitrogens with zero attached hydrogens (tertiary/aromatic N) is 3. The van der Waals surface area contributed by atoms with E-state index in [-0.39, 0.29) is 9.92 Å². The number of aromatic nitrogens is 3. The van der Waals surface area contributed by atoms with Crippen LogP contribution in [0.5, 0.6) is 5.75 Å². The molecular formula is C16H15ClN4O3S. The van der Waals surface area contributed by atoms with Crippen molar-refractivity contribution in [1.82, 2.24) is 19.5 Å². The fourth-order valence-corrected chi connectivity index (χ4v) is 3.99. The number of sulfonamides is 1. The number of hydrogen-bond donors (Lipinski definition) is 2. The molecule has 0 saturated carbocycles. The third-order valence-corrected chi connectivity index (χ3v) is 5.44. The minimum Gasteiger partial charge on any atom is -0.505 e. The fraction of sp³-hybridized carbons (Fsp3) is 0.125. The van der Waals surface area contributed by atoms with Gasteiger partial charge in [-0.1, -0.05) is 23.7 Å². The molecule has 7 nitrogen and oxygen atoms in total. The Balaban J connectivity index is 2.07. The zero-order valence-electron chi connectivity index (χ0n) is 13.2. The Bertz CT molecular complexity index is 990. The molecule has 9 heteroatoms. The third kappa shape index (κ3) is 3.51. The van der Waals surface area contributed by atoms with Crippen molar-refractivity contribution in [3.63, 3.8) is 0 Å². The molecule has 2 heterocycles. The van der Waals surface area contributed by atoms with Crippen LogP contribution in [-0.2, 0) is 17.1 Å². The summed E-state index contributed by atoms with van der Waals surface area (Å²) in [6.45, 7) is 0. The normalized spacial score (nSPS) is 12.9. The summed E-state index contributed by atoms with van der Waals surface area (Å²) < 4.78 is 29.8. The Labute approximate surface area is 150 Å². The molecule has 0 fully saturated rings. The van der Waals surface area contributed by atoms with Crippen LogP contribution in [0.3, 0.4) is 0 Å². The van der Waals surface area contributed by atoms with Gasteiger partial charge in [-0.25, -0.2) is 8.42 Å². The topological polar surface area (TPSA) is 97.1 Å². The maximum Gasteiger partial charge on any atom is 0.245 e. The summed E-state index contributed by atoms with van der Waals surface area (Å²) in [6, 6.07) is 8.60. The van der Waals surface area contributed by atoms with Crippen molar-refractivity contribution in [2.45, 2.75) is 10.9 Å². The van der Waals surface area contributed by atoms with E-state index in [1.165, 1.54) is 18.2 Å². The van der Waals surface area contributed by atoms with E-state index in [0.717, 1.165) is 0 Å². The van der Waals surface area contributed by atoms with Crippen LogP contribution >= 0.6 is 11.6 Å². The number of aromatic hydroxyl groups is 1. The molecule has 1 atom stereocenters. The van der Waals surface area contributed by atoms with E-state index in [9.17, 15) is 13.5 Å². The van der Waals surface area contributed by atoms with Crippen molar-refractivity contribution in [3.05, 3.63) is 71.3 Å². The second-order valence-electron chi connectivity index (χ2n) is 5.31. The Hall–Kier alpha value is -2.42. The van der Waals surface area contributed by atoms with Gasteiger partial charge in [0.05, 0.1) is 16.8 Å². The highest BCUT2D eigenvalue weighted by Crippen LogP contribution is 2.32. The number of halogens is 1. The van der Waals surface area contributed by atoms with Gasteiger partial charge >= 0.3 is 0 Å². The number of hydrogen-bond acceptors (Lipinski definition) is 5. The summed E-state index contributed by atoms with van der Waals surface area (Å²) in [5, 5.41) is 14.1. The SMILES string of the molecule is Cn1nccc1C(NS(=O)(=O)c1cccc(Cl)c1O)c1cccnc1. The second kappa shape index (κ2) is 6.83. The molecule has 0 aliphatic heterocycles. The molecule has 1 aromatic carbocycles. The molecular weight excluding hydrogens is 364 g/mol. The molecule has 0 bridgehead atoms. The molecule has 3 rings (SSSR count). The van der Waals surface area contributed by atoms with Crippen LogP contribution in [0.15, 0.2) is 59.9 Å². The van der Waals surface area contributed by atoms with E-state index in [1.54, 1.807) is 48.5 Å². The van der Waals surface area contributed by atoms with Gasteiger partial charge in [-0.3, -0.25) is 9.67 Å². The maximum atomic E-state index is 12.8. The standard InChI is InChI=1S/C16H15ClN4O3S/c1-21-13(7-9-19-21)15(11-4-3-8-18-10-11)20-25(23,24)14-6-2-5-12(17)16(14)22/h2-10,15,20,22H,1H3. The summed E-state index contributed by atoms with van der Waals surface area (Å²) in [5.41, 5.74) is 1.26. The molecule has 2 aromatic heterocycles. The molecule has 0 aliphatic rings. The van der Waals surface area contributed by atoms with Crippen LogP contribution in [0, 0.1) is 0 Å². The summed E-state index contributed by atoms with van der Waals surface area (Å²) in [5.74, 6) is -0.494. The van der Waals surface area contributed by atoms with Crippen LogP contribution < -0.4 is 4.72 Å². The van der Waals surface area contributed by atoms with Gasteiger partial charge in [0.25, 0.3) is 0 Å². The van der Waals surface area contributed by atoms with E-state index in [2.05, 4.69) is 14.8 Å². The first-order chi connectivity index (χ1) is 11.9. The predicted octanol–water partition coefficient (Wildman–Crippen LogP) is 2.24. The van der Waals surface area contributed by atoms with Gasteiger partial charge in [-0.15, -0.1) is 0 Å². The quantitative estimate of drug-likeness (QED) is 0.709. The number of nitrogens with one attached hydrogen (secondary N) is 1. The average molecular weight is 379 g/mol. The van der Waals surface area contributed by atoms with Crippen molar-refractivity contribution in [1.29, 1.82) is 0 Å². The number of phenols is 1. The van der Waals surface area contributed by atoms with Gasteiger partial charge in [0, 0.05) is 25.6 Å². The van der Waals surface area contributed by atoms with Crippen LogP contribution in [0.1, 0.15) is 17.3 Å². The van der Waals surface area contributed by atoms with Crippen LogP contribution in [0.4, 0.5) is 0 Å². The molecule has 0 spiro atoms. The van der Waals surface area contributed by atoms with Crippen molar-refractivity contribution in [3.8, 4) is 5.75 Å². The summed E-state index contributed by atoms with van der Waals surface area (Å²) in [6.07, 6.45) is 4.74. The number of para-hydroxylation sites is 1. The summed E-state index contributed by atoms with van der Waals surface area (Å²) in [4.78, 5) is 3.75. The van der Waals surface area contributed by atoms with Gasteiger partial charge in [-0.2, -0.15) is 9.82 Å². The highest BCUT2D eigenvalue weighted by molar-refractivity contribution is 7.89. The smallest absolute Gasteiger partial charge is 0.245 e. The predicted molar refractivity (Wildman–Crippen MR) is 92.7 cm³/mol. The lowest BCUT2D eigenvalue weighted by Crippen LogP contribution is -2.31. The van der Waals surface area contributed by atoms with E-state index in [1.807, 2.05) is 0 Å². The maximum absolute atomic E-state index is 12.8. The number of aryl methyl sites for hydroxylation is 1. The molecule has 25 heavy (non-hydrogen) atoms. The van der Waals surface area contributed by atoms with Crippen molar-refractivity contribution in [2.75, 3.05) is 0 Å². The Kier molecular flexibility index (Phi) is 4.76. The minimum atomic E-state index is -4.06. The first kappa shape index (κ1) is 17.4. The van der Waals surface area contributed by atoms with E-state index in [4.69, 9.17) is 11.6 Å². The number of rotatable bonds is 5. The molecule has 0 saturated heterocycles. The third-order valence-electron chi connectivity index (χ3n) is 3.68. The first-order valence-electron chi connectivity index (χ1n) is 7.28. The molecule has 1 unspecified atom stereocenters. The van der Waals surface area contributed by atoms with Crippen molar-refractivity contribution in [2.24, 2.45) is 7.05 Å². The van der Waals surface area contributed by atoms with Crippen LogP contribution in [0.25, 0.3) is 0 Å². The molecule has 0 amide bonds.